The number of hydrogen-bond acceptors (Lipinski definition) is 5. The van der Waals surface area contributed by atoms with Crippen LogP contribution in [0.1, 0.15) is 23.0 Å². The number of benzene rings is 2. The van der Waals surface area contributed by atoms with Gasteiger partial charge in [0.15, 0.2) is 6.61 Å². The van der Waals surface area contributed by atoms with Gasteiger partial charge in [0, 0.05) is 23.6 Å². The zero-order chi connectivity index (χ0) is 20.1. The quantitative estimate of drug-likeness (QED) is 0.617. The summed E-state index contributed by atoms with van der Waals surface area (Å²) < 4.78 is 42.6. The summed E-state index contributed by atoms with van der Waals surface area (Å²) in [4.78, 5) is 24.3. The summed E-state index contributed by atoms with van der Waals surface area (Å²) in [5.41, 5.74) is 0.649. The molecule has 0 aliphatic carbocycles. The summed E-state index contributed by atoms with van der Waals surface area (Å²) in [5, 5.41) is 2.85. The lowest BCUT2D eigenvalue weighted by Gasteiger charge is -2.07. The topological polar surface area (TPSA) is 77.8 Å². The van der Waals surface area contributed by atoms with Crippen LogP contribution in [0.25, 0.3) is 11.0 Å². The molecule has 2 aromatic carbocycles. The minimum Gasteiger partial charge on any atom is -0.450 e. The molecule has 0 aliphatic rings. The standard InChI is InChI=1S/C20H17F2NO5/c1-2-26-10-14-13-5-3-4-6-17(13)28-19(14)20(25)27-11-18(24)23-16-9-12(21)7-8-15(16)22/h3-9H,2,10-11H2,1H3,(H,23,24). The van der Waals surface area contributed by atoms with E-state index in [1.807, 2.05) is 6.92 Å². The second-order valence-corrected chi connectivity index (χ2v) is 5.79. The summed E-state index contributed by atoms with van der Waals surface area (Å²) in [7, 11) is 0. The predicted octanol–water partition coefficient (Wildman–Crippen LogP) is 4.04. The van der Waals surface area contributed by atoms with Gasteiger partial charge >= 0.3 is 5.97 Å². The average Bonchev–Trinajstić information content (AvgIpc) is 3.06. The van der Waals surface area contributed by atoms with Gasteiger partial charge in [-0.15, -0.1) is 0 Å². The minimum atomic E-state index is -0.860. The molecule has 1 aromatic heterocycles. The molecule has 3 aromatic rings. The van der Waals surface area contributed by atoms with Crippen molar-refractivity contribution in [2.45, 2.75) is 13.5 Å². The van der Waals surface area contributed by atoms with Crippen LogP contribution >= 0.6 is 0 Å². The maximum Gasteiger partial charge on any atom is 0.375 e. The largest absolute Gasteiger partial charge is 0.450 e. The maximum absolute atomic E-state index is 13.6. The van der Waals surface area contributed by atoms with E-state index in [1.54, 1.807) is 24.3 Å². The Morgan fingerprint density at radius 3 is 2.71 bits per heavy atom. The van der Waals surface area contributed by atoms with Crippen molar-refractivity contribution in [3.63, 3.8) is 0 Å². The van der Waals surface area contributed by atoms with Crippen LogP contribution in [0.3, 0.4) is 0 Å². The van der Waals surface area contributed by atoms with E-state index in [9.17, 15) is 18.4 Å². The van der Waals surface area contributed by atoms with E-state index < -0.39 is 30.1 Å². The van der Waals surface area contributed by atoms with Crippen LogP contribution in [0.15, 0.2) is 46.9 Å². The molecule has 0 atom stereocenters. The van der Waals surface area contributed by atoms with E-state index in [1.165, 1.54) is 0 Å². The number of fused-ring (bicyclic) bond motifs is 1. The third-order valence-corrected chi connectivity index (χ3v) is 3.87. The fraction of sp³-hybridized carbons (Fsp3) is 0.200. The van der Waals surface area contributed by atoms with Gasteiger partial charge in [-0.1, -0.05) is 18.2 Å². The highest BCUT2D eigenvalue weighted by atomic mass is 19.1. The number of carbonyl (C=O) groups is 2. The third kappa shape index (κ3) is 4.34. The number of rotatable bonds is 7. The molecule has 0 spiro atoms. The molecule has 1 heterocycles. The van der Waals surface area contributed by atoms with Gasteiger partial charge in [-0.25, -0.2) is 13.6 Å². The lowest BCUT2D eigenvalue weighted by Crippen LogP contribution is -2.21. The van der Waals surface area contributed by atoms with Gasteiger partial charge in [0.1, 0.15) is 17.2 Å². The Morgan fingerprint density at radius 2 is 1.93 bits per heavy atom. The fourth-order valence-corrected chi connectivity index (χ4v) is 2.59. The van der Waals surface area contributed by atoms with Crippen LogP contribution in [0.2, 0.25) is 0 Å². The van der Waals surface area contributed by atoms with E-state index in [4.69, 9.17) is 13.9 Å². The number of esters is 1. The maximum atomic E-state index is 13.6. The summed E-state index contributed by atoms with van der Waals surface area (Å²) in [6.07, 6.45) is 0. The van der Waals surface area contributed by atoms with E-state index in [0.29, 0.717) is 23.1 Å². The molecule has 0 aliphatic heterocycles. The molecule has 1 N–H and O–H groups in total. The molecular weight excluding hydrogens is 372 g/mol. The summed E-state index contributed by atoms with van der Waals surface area (Å²) in [5.74, 6) is -3.27. The molecule has 28 heavy (non-hydrogen) atoms. The first-order valence-electron chi connectivity index (χ1n) is 8.49. The highest BCUT2D eigenvalue weighted by molar-refractivity contribution is 5.98. The molecule has 0 unspecified atom stereocenters. The van der Waals surface area contributed by atoms with E-state index in [2.05, 4.69) is 5.32 Å². The Kier molecular flexibility index (Phi) is 6.00. The Labute approximate surface area is 159 Å². The van der Waals surface area contributed by atoms with Crippen molar-refractivity contribution < 1.29 is 32.3 Å². The van der Waals surface area contributed by atoms with Crippen molar-refractivity contribution in [2.24, 2.45) is 0 Å². The van der Waals surface area contributed by atoms with Crippen LogP contribution in [-0.4, -0.2) is 25.1 Å². The fourth-order valence-electron chi connectivity index (χ4n) is 2.59. The summed E-state index contributed by atoms with van der Waals surface area (Å²) in [6, 6.07) is 9.66. The number of anilines is 1. The highest BCUT2D eigenvalue weighted by Gasteiger charge is 2.22. The zero-order valence-corrected chi connectivity index (χ0v) is 15.0. The lowest BCUT2D eigenvalue weighted by atomic mass is 10.1. The predicted molar refractivity (Wildman–Crippen MR) is 96.8 cm³/mol. The SMILES string of the molecule is CCOCc1c(C(=O)OCC(=O)Nc2cc(F)ccc2F)oc2ccccc12. The van der Waals surface area contributed by atoms with Crippen molar-refractivity contribution >= 4 is 28.5 Å². The number of nitrogens with one attached hydrogen (secondary N) is 1. The molecule has 6 nitrogen and oxygen atoms in total. The summed E-state index contributed by atoms with van der Waals surface area (Å²) >= 11 is 0. The van der Waals surface area contributed by atoms with Crippen LogP contribution in [0.5, 0.6) is 0 Å². The van der Waals surface area contributed by atoms with Crippen molar-refractivity contribution in [3.8, 4) is 0 Å². The Bertz CT molecular complexity index is 1010. The molecule has 0 bridgehead atoms. The Morgan fingerprint density at radius 1 is 1.14 bits per heavy atom. The van der Waals surface area contributed by atoms with Gasteiger partial charge in [0.25, 0.3) is 5.91 Å². The molecule has 3 rings (SSSR count). The van der Waals surface area contributed by atoms with Gasteiger partial charge in [-0.2, -0.15) is 0 Å². The zero-order valence-electron chi connectivity index (χ0n) is 15.0. The molecule has 8 heteroatoms. The average molecular weight is 389 g/mol. The molecule has 0 saturated carbocycles. The first-order valence-corrected chi connectivity index (χ1v) is 8.49. The van der Waals surface area contributed by atoms with Crippen molar-refractivity contribution in [1.82, 2.24) is 0 Å². The normalized spacial score (nSPS) is 10.8. The first-order chi connectivity index (χ1) is 13.5. The number of para-hydroxylation sites is 1. The number of hydrogen-bond donors (Lipinski definition) is 1. The second-order valence-electron chi connectivity index (χ2n) is 5.79. The minimum absolute atomic E-state index is 0.0700. The number of amides is 1. The third-order valence-electron chi connectivity index (χ3n) is 3.87. The molecule has 0 saturated heterocycles. The van der Waals surface area contributed by atoms with E-state index in [-0.39, 0.29) is 18.1 Å². The molecule has 146 valence electrons. The van der Waals surface area contributed by atoms with E-state index >= 15 is 0 Å². The van der Waals surface area contributed by atoms with Crippen molar-refractivity contribution in [1.29, 1.82) is 0 Å². The van der Waals surface area contributed by atoms with Gasteiger partial charge in [0.05, 0.1) is 12.3 Å². The van der Waals surface area contributed by atoms with Gasteiger partial charge in [0.2, 0.25) is 5.76 Å². The number of ether oxygens (including phenoxy) is 2. The van der Waals surface area contributed by atoms with Crippen LogP contribution < -0.4 is 5.32 Å². The first kappa shape index (κ1) is 19.5. The monoisotopic (exact) mass is 389 g/mol. The van der Waals surface area contributed by atoms with Crippen LogP contribution in [0.4, 0.5) is 14.5 Å². The number of carbonyl (C=O) groups excluding carboxylic acids is 2. The van der Waals surface area contributed by atoms with Crippen LogP contribution in [-0.2, 0) is 20.9 Å². The lowest BCUT2D eigenvalue weighted by molar-refractivity contribution is -0.119. The van der Waals surface area contributed by atoms with Gasteiger partial charge < -0.3 is 19.2 Å². The molecular formula is C20H17F2NO5. The second kappa shape index (κ2) is 8.62. The molecule has 1 amide bonds. The Balaban J connectivity index is 1.70. The molecule has 0 fully saturated rings. The highest BCUT2D eigenvalue weighted by Crippen LogP contribution is 2.27. The van der Waals surface area contributed by atoms with Crippen LogP contribution in [0, 0.1) is 11.6 Å². The Hall–Kier alpha value is -3.26. The van der Waals surface area contributed by atoms with E-state index in [0.717, 1.165) is 18.2 Å². The number of halogens is 2. The van der Waals surface area contributed by atoms with Gasteiger partial charge in [-0.05, 0) is 25.1 Å². The molecule has 0 radical (unpaired) electrons. The van der Waals surface area contributed by atoms with Crippen molar-refractivity contribution in [2.75, 3.05) is 18.5 Å². The smallest absolute Gasteiger partial charge is 0.375 e. The van der Waals surface area contributed by atoms with Crippen molar-refractivity contribution in [3.05, 3.63) is 65.4 Å². The summed E-state index contributed by atoms with van der Waals surface area (Å²) in [6.45, 7) is 1.70. The van der Waals surface area contributed by atoms with Gasteiger partial charge in [-0.3, -0.25) is 4.79 Å². The number of furan rings is 1.